The Labute approximate surface area is 279 Å². The van der Waals surface area contributed by atoms with E-state index in [0.29, 0.717) is 43.5 Å². The minimum Gasteiger partial charge on any atom is -0.453 e. The van der Waals surface area contributed by atoms with E-state index in [0.717, 1.165) is 28.7 Å². The second-order valence-electron chi connectivity index (χ2n) is 11.7. The lowest BCUT2D eigenvalue weighted by Crippen LogP contribution is -2.48. The summed E-state index contributed by atoms with van der Waals surface area (Å²) in [6, 6.07) is 35.9. The summed E-state index contributed by atoms with van der Waals surface area (Å²) in [5.41, 5.74) is 4.53. The van der Waals surface area contributed by atoms with E-state index in [1.54, 1.807) is 0 Å². The highest BCUT2D eigenvalue weighted by molar-refractivity contribution is 5.98. The molecule has 2 heterocycles. The van der Waals surface area contributed by atoms with Gasteiger partial charge in [0.2, 0.25) is 17.7 Å². The molecule has 48 heavy (non-hydrogen) atoms. The lowest BCUT2D eigenvalue weighted by Gasteiger charge is -2.29. The maximum atomic E-state index is 14.0. The Morgan fingerprint density at radius 2 is 1.52 bits per heavy atom. The molecule has 5 aromatic rings. The number of hydrogen-bond acceptors (Lipinski definition) is 8. The number of rotatable bonds is 12. The molecule has 4 aromatic carbocycles. The summed E-state index contributed by atoms with van der Waals surface area (Å²) < 4.78 is 17.1. The second kappa shape index (κ2) is 16.0. The van der Waals surface area contributed by atoms with E-state index in [1.165, 1.54) is 7.11 Å². The van der Waals surface area contributed by atoms with Crippen LogP contribution in [0.3, 0.4) is 0 Å². The minimum absolute atomic E-state index is 0.0361. The number of aromatic nitrogens is 2. The topological polar surface area (TPSA) is 128 Å². The van der Waals surface area contributed by atoms with Crippen LogP contribution in [0.4, 0.5) is 10.5 Å². The van der Waals surface area contributed by atoms with Gasteiger partial charge in [0, 0.05) is 18.2 Å². The molecule has 1 aromatic heterocycles. The van der Waals surface area contributed by atoms with Gasteiger partial charge in [-0.15, -0.1) is 10.2 Å². The number of nitrogens with zero attached hydrogens (tertiary/aromatic N) is 2. The van der Waals surface area contributed by atoms with Gasteiger partial charge in [0.1, 0.15) is 12.1 Å². The molecule has 10 heteroatoms. The first-order valence-corrected chi connectivity index (χ1v) is 16.1. The number of benzene rings is 4. The van der Waals surface area contributed by atoms with Gasteiger partial charge in [0.25, 0.3) is 0 Å². The van der Waals surface area contributed by atoms with E-state index >= 15 is 0 Å². The largest absolute Gasteiger partial charge is 0.453 e. The van der Waals surface area contributed by atoms with E-state index in [1.807, 2.05) is 115 Å². The lowest BCUT2D eigenvalue weighted by atomic mass is 9.84. The number of hydrogen-bond donors (Lipinski definition) is 3. The zero-order chi connectivity index (χ0) is 33.1. The van der Waals surface area contributed by atoms with Crippen molar-refractivity contribution in [3.8, 4) is 0 Å². The minimum atomic E-state index is -0.948. The van der Waals surface area contributed by atoms with Crippen molar-refractivity contribution in [1.29, 1.82) is 0 Å². The number of aryl methyl sites for hydroxylation is 1. The summed E-state index contributed by atoms with van der Waals surface area (Å²) >= 11 is 0. The zero-order valence-electron chi connectivity index (χ0n) is 26.8. The van der Waals surface area contributed by atoms with Gasteiger partial charge in [-0.25, -0.2) is 4.79 Å². The molecule has 1 aliphatic rings. The Morgan fingerprint density at radius 1 is 0.875 bits per heavy atom. The average Bonchev–Trinajstić information content (AvgIpc) is 3.60. The van der Waals surface area contributed by atoms with Crippen molar-refractivity contribution in [3.05, 3.63) is 149 Å². The highest BCUT2D eigenvalue weighted by Crippen LogP contribution is 2.30. The highest BCUT2D eigenvalue weighted by Gasteiger charge is 2.33. The van der Waals surface area contributed by atoms with Gasteiger partial charge >= 0.3 is 6.09 Å². The van der Waals surface area contributed by atoms with Gasteiger partial charge in [-0.2, -0.15) is 0 Å². The van der Waals surface area contributed by atoms with Crippen LogP contribution in [0.2, 0.25) is 0 Å². The molecule has 6 rings (SSSR count). The molecular formula is C38H39N5O5. The molecule has 2 amide bonds. The number of anilines is 1. The fourth-order valence-electron chi connectivity index (χ4n) is 5.99. The molecule has 0 radical (unpaired) electrons. The fourth-order valence-corrected chi connectivity index (χ4v) is 5.99. The molecule has 3 N–H and O–H groups in total. The van der Waals surface area contributed by atoms with Crippen LogP contribution >= 0.6 is 0 Å². The third-order valence-corrected chi connectivity index (χ3v) is 8.47. The van der Waals surface area contributed by atoms with E-state index in [-0.39, 0.29) is 18.1 Å². The Balaban J connectivity index is 1.10. The number of ether oxygens (including phenoxy) is 2. The Bertz CT molecular complexity index is 1720. The van der Waals surface area contributed by atoms with E-state index in [9.17, 15) is 9.59 Å². The Kier molecular flexibility index (Phi) is 10.9. The third-order valence-electron chi connectivity index (χ3n) is 8.47. The first kappa shape index (κ1) is 32.6. The molecule has 1 fully saturated rings. The highest BCUT2D eigenvalue weighted by atomic mass is 16.5. The van der Waals surface area contributed by atoms with Crippen molar-refractivity contribution in [2.24, 2.45) is 0 Å². The molecule has 0 spiro atoms. The van der Waals surface area contributed by atoms with Crippen molar-refractivity contribution in [1.82, 2.24) is 20.8 Å². The molecule has 0 bridgehead atoms. The average molecular weight is 646 g/mol. The van der Waals surface area contributed by atoms with E-state index < -0.39 is 18.1 Å². The maximum absolute atomic E-state index is 14.0. The van der Waals surface area contributed by atoms with E-state index in [4.69, 9.17) is 13.9 Å². The molecule has 3 atom stereocenters. The summed E-state index contributed by atoms with van der Waals surface area (Å²) in [4.78, 5) is 26.6. The Hall–Kier alpha value is -5.32. The smallest absolute Gasteiger partial charge is 0.407 e. The number of methoxy groups -OCH3 is 1. The van der Waals surface area contributed by atoms with Gasteiger partial charge in [-0.1, -0.05) is 109 Å². The molecule has 0 saturated carbocycles. The molecule has 1 saturated heterocycles. The van der Waals surface area contributed by atoms with Gasteiger partial charge < -0.3 is 29.8 Å². The molecular weight excluding hydrogens is 606 g/mol. The van der Waals surface area contributed by atoms with Gasteiger partial charge in [-0.3, -0.25) is 4.79 Å². The second-order valence-corrected chi connectivity index (χ2v) is 11.7. The van der Waals surface area contributed by atoms with Crippen LogP contribution in [-0.2, 0) is 27.1 Å². The molecule has 1 aliphatic heterocycles. The van der Waals surface area contributed by atoms with Crippen LogP contribution in [-0.4, -0.2) is 54.6 Å². The summed E-state index contributed by atoms with van der Waals surface area (Å²) in [6.07, 6.45) is 1.26. The number of morpholine rings is 1. The van der Waals surface area contributed by atoms with Crippen LogP contribution in [0, 0.1) is 0 Å². The van der Waals surface area contributed by atoms with Crippen molar-refractivity contribution in [3.63, 3.8) is 0 Å². The quantitative estimate of drug-likeness (QED) is 0.155. The first-order valence-electron chi connectivity index (χ1n) is 16.1. The number of carbonyl (C=O) groups is 2. The first-order chi connectivity index (χ1) is 23.6. The van der Waals surface area contributed by atoms with Crippen LogP contribution in [0.25, 0.3) is 0 Å². The molecule has 1 unspecified atom stereocenters. The SMILES string of the molecule is COC(=O)NC(C(=O)Nc1ccccc1CC[C@@H]1CN[C@H](c2nnc(Cc3ccccc3)o2)CO1)C(c1ccccc1)c1ccccc1. The number of para-hydroxylation sites is 1. The van der Waals surface area contributed by atoms with Crippen LogP contribution in [0.15, 0.2) is 120 Å². The number of amides is 2. The third kappa shape index (κ3) is 8.33. The normalized spacial score (nSPS) is 16.6. The monoisotopic (exact) mass is 645 g/mol. The summed E-state index contributed by atoms with van der Waals surface area (Å²) in [7, 11) is 1.29. The van der Waals surface area contributed by atoms with Crippen LogP contribution in [0.1, 0.15) is 52.4 Å². The number of nitrogens with one attached hydrogen (secondary N) is 3. The molecule has 246 valence electrons. The summed E-state index contributed by atoms with van der Waals surface area (Å²) in [6.45, 7) is 1.04. The fraction of sp³-hybridized carbons (Fsp3) is 0.263. The van der Waals surface area contributed by atoms with Crippen molar-refractivity contribution < 1.29 is 23.5 Å². The van der Waals surface area contributed by atoms with Crippen LogP contribution in [0.5, 0.6) is 0 Å². The van der Waals surface area contributed by atoms with Gasteiger partial charge in [0.15, 0.2) is 0 Å². The molecule has 0 aliphatic carbocycles. The predicted octanol–water partition coefficient (Wildman–Crippen LogP) is 5.82. The number of alkyl carbamates (subject to hydrolysis) is 1. The molecule has 10 nitrogen and oxygen atoms in total. The lowest BCUT2D eigenvalue weighted by molar-refractivity contribution is -0.118. The van der Waals surface area contributed by atoms with Gasteiger partial charge in [0.05, 0.1) is 26.2 Å². The standard InChI is InChI=1S/C38H39N5O5/c1-46-38(45)41-35(34(28-16-7-3-8-17-28)29-18-9-4-10-19-29)36(44)40-31-20-12-11-15-27(31)21-22-30-24-39-32(25-47-30)37-43-42-33(48-37)23-26-13-5-2-6-14-26/h2-20,30,32,34-35,39H,21-25H2,1H3,(H,40,44)(H,41,45)/t30-,32+,35?/m1/s1. The van der Waals surface area contributed by atoms with Crippen LogP contribution < -0.4 is 16.0 Å². The van der Waals surface area contributed by atoms with Crippen molar-refractivity contribution >= 4 is 17.7 Å². The predicted molar refractivity (Wildman–Crippen MR) is 181 cm³/mol. The summed E-state index contributed by atoms with van der Waals surface area (Å²) in [5.74, 6) is 0.283. The summed E-state index contributed by atoms with van der Waals surface area (Å²) in [5, 5.41) is 17.9. The van der Waals surface area contributed by atoms with E-state index in [2.05, 4.69) is 26.1 Å². The van der Waals surface area contributed by atoms with Gasteiger partial charge in [-0.05, 0) is 41.2 Å². The maximum Gasteiger partial charge on any atom is 0.407 e. The van der Waals surface area contributed by atoms with Crippen molar-refractivity contribution in [2.75, 3.05) is 25.6 Å². The van der Waals surface area contributed by atoms with Crippen molar-refractivity contribution in [2.45, 2.75) is 43.4 Å². The number of carbonyl (C=O) groups excluding carboxylic acids is 2. The Morgan fingerprint density at radius 3 is 2.17 bits per heavy atom. The zero-order valence-corrected chi connectivity index (χ0v) is 26.8.